The number of ether oxygens (including phenoxy) is 1. The second-order valence-electron chi connectivity index (χ2n) is 4.45. The molecule has 0 amide bonds. The minimum atomic E-state index is -3.88. The van der Waals surface area contributed by atoms with Gasteiger partial charge >= 0.3 is 16.1 Å². The standard InChI is InChI=1S/C15H15NO5S/c1-11(17)20-15(16)12-7-9-13(10-8-12)21-22(18,19)14-5-3-2-4-6-14/h2-10,15H,16H2,1H3. The number of rotatable bonds is 5. The topological polar surface area (TPSA) is 95.7 Å². The van der Waals surface area contributed by atoms with E-state index in [9.17, 15) is 13.2 Å². The molecule has 0 heterocycles. The molecule has 0 saturated carbocycles. The van der Waals surface area contributed by atoms with Gasteiger partial charge < -0.3 is 8.92 Å². The lowest BCUT2D eigenvalue weighted by Gasteiger charge is -2.12. The lowest BCUT2D eigenvalue weighted by Crippen LogP contribution is -2.17. The van der Waals surface area contributed by atoms with E-state index in [2.05, 4.69) is 0 Å². The Bertz CT molecular complexity index is 741. The second kappa shape index (κ2) is 6.59. The Morgan fingerprint density at radius 3 is 2.18 bits per heavy atom. The first-order chi connectivity index (χ1) is 10.4. The van der Waals surface area contributed by atoms with E-state index in [1.54, 1.807) is 18.2 Å². The van der Waals surface area contributed by atoms with Crippen molar-refractivity contribution in [1.82, 2.24) is 0 Å². The Morgan fingerprint density at radius 1 is 1.05 bits per heavy atom. The molecule has 2 aromatic rings. The van der Waals surface area contributed by atoms with Gasteiger partial charge in [0.2, 0.25) is 0 Å². The van der Waals surface area contributed by atoms with Gasteiger partial charge in [0, 0.05) is 12.5 Å². The Hall–Kier alpha value is -2.38. The molecule has 0 bridgehead atoms. The average molecular weight is 321 g/mol. The van der Waals surface area contributed by atoms with Crippen molar-refractivity contribution in [1.29, 1.82) is 0 Å². The van der Waals surface area contributed by atoms with Gasteiger partial charge in [0.05, 0.1) is 0 Å². The molecule has 0 spiro atoms. The van der Waals surface area contributed by atoms with Gasteiger partial charge in [-0.3, -0.25) is 10.5 Å². The van der Waals surface area contributed by atoms with Gasteiger partial charge in [0.15, 0.2) is 6.23 Å². The molecule has 0 aliphatic rings. The van der Waals surface area contributed by atoms with Crippen LogP contribution in [0.2, 0.25) is 0 Å². The van der Waals surface area contributed by atoms with Crippen LogP contribution < -0.4 is 9.92 Å². The maximum Gasteiger partial charge on any atom is 0.339 e. The first kappa shape index (κ1) is 16.0. The highest BCUT2D eigenvalue weighted by Gasteiger charge is 2.16. The molecule has 1 atom stereocenters. The Balaban J connectivity index is 2.13. The predicted molar refractivity (Wildman–Crippen MR) is 79.4 cm³/mol. The summed E-state index contributed by atoms with van der Waals surface area (Å²) in [4.78, 5) is 10.9. The summed E-state index contributed by atoms with van der Waals surface area (Å²) in [5.41, 5.74) is 6.19. The van der Waals surface area contributed by atoms with E-state index in [4.69, 9.17) is 14.7 Å². The molecular formula is C15H15NO5S. The molecule has 0 saturated heterocycles. The number of esters is 1. The van der Waals surface area contributed by atoms with Crippen LogP contribution in [0.1, 0.15) is 18.7 Å². The molecule has 2 aromatic carbocycles. The van der Waals surface area contributed by atoms with Crippen molar-refractivity contribution in [2.24, 2.45) is 5.73 Å². The largest absolute Gasteiger partial charge is 0.443 e. The maximum absolute atomic E-state index is 12.0. The summed E-state index contributed by atoms with van der Waals surface area (Å²) < 4.78 is 34.0. The Morgan fingerprint density at radius 2 is 1.64 bits per heavy atom. The number of hydrogen-bond donors (Lipinski definition) is 1. The van der Waals surface area contributed by atoms with Crippen molar-refractivity contribution >= 4 is 16.1 Å². The maximum atomic E-state index is 12.0. The average Bonchev–Trinajstić information content (AvgIpc) is 2.48. The molecule has 2 N–H and O–H groups in total. The van der Waals surface area contributed by atoms with Crippen LogP contribution in [0.25, 0.3) is 0 Å². The third-order valence-electron chi connectivity index (χ3n) is 2.74. The quantitative estimate of drug-likeness (QED) is 0.514. The molecule has 0 aliphatic heterocycles. The summed E-state index contributed by atoms with van der Waals surface area (Å²) >= 11 is 0. The zero-order chi connectivity index (χ0) is 16.2. The van der Waals surface area contributed by atoms with Crippen LogP contribution in [-0.2, 0) is 19.6 Å². The third-order valence-corrected chi connectivity index (χ3v) is 4.00. The normalized spacial score (nSPS) is 12.5. The van der Waals surface area contributed by atoms with Crippen LogP contribution in [-0.4, -0.2) is 14.4 Å². The predicted octanol–water partition coefficient (Wildman–Crippen LogP) is 1.97. The van der Waals surface area contributed by atoms with Crippen molar-refractivity contribution in [2.75, 3.05) is 0 Å². The molecule has 0 aromatic heterocycles. The van der Waals surface area contributed by atoms with Gasteiger partial charge in [0.25, 0.3) is 0 Å². The number of benzene rings is 2. The molecule has 116 valence electrons. The molecule has 22 heavy (non-hydrogen) atoms. The smallest absolute Gasteiger partial charge is 0.339 e. The molecule has 7 heteroatoms. The van der Waals surface area contributed by atoms with Crippen LogP contribution in [0.15, 0.2) is 59.5 Å². The molecule has 0 aliphatic carbocycles. The molecule has 0 fully saturated rings. The number of carbonyl (C=O) groups is 1. The van der Waals surface area contributed by atoms with E-state index in [0.717, 1.165) is 0 Å². The van der Waals surface area contributed by atoms with Gasteiger partial charge in [0.1, 0.15) is 10.6 Å². The van der Waals surface area contributed by atoms with Crippen LogP contribution in [0.5, 0.6) is 5.75 Å². The summed E-state index contributed by atoms with van der Waals surface area (Å²) in [6, 6.07) is 13.8. The van der Waals surface area contributed by atoms with E-state index in [0.29, 0.717) is 5.56 Å². The van der Waals surface area contributed by atoms with Crippen LogP contribution >= 0.6 is 0 Å². The third kappa shape index (κ3) is 4.06. The summed E-state index contributed by atoms with van der Waals surface area (Å²) in [6.45, 7) is 1.25. The highest BCUT2D eigenvalue weighted by molar-refractivity contribution is 7.87. The van der Waals surface area contributed by atoms with Gasteiger partial charge in [-0.1, -0.05) is 30.3 Å². The van der Waals surface area contributed by atoms with E-state index < -0.39 is 22.3 Å². The molecular weight excluding hydrogens is 306 g/mol. The highest BCUT2D eigenvalue weighted by atomic mass is 32.2. The molecule has 0 radical (unpaired) electrons. The summed E-state index contributed by atoms with van der Waals surface area (Å²) in [7, 11) is -3.88. The highest BCUT2D eigenvalue weighted by Crippen LogP contribution is 2.21. The first-order valence-corrected chi connectivity index (χ1v) is 7.81. The van der Waals surface area contributed by atoms with Gasteiger partial charge in [-0.25, -0.2) is 0 Å². The van der Waals surface area contributed by atoms with Crippen LogP contribution in [0.4, 0.5) is 0 Å². The summed E-state index contributed by atoms with van der Waals surface area (Å²) in [5.74, 6) is -0.359. The van der Waals surface area contributed by atoms with Crippen LogP contribution in [0, 0.1) is 0 Å². The number of carbonyl (C=O) groups excluding carboxylic acids is 1. The van der Waals surface area contributed by atoms with Crippen LogP contribution in [0.3, 0.4) is 0 Å². The van der Waals surface area contributed by atoms with Crippen molar-refractivity contribution in [3.05, 3.63) is 60.2 Å². The summed E-state index contributed by atoms with van der Waals surface area (Å²) in [5, 5.41) is 0. The summed E-state index contributed by atoms with van der Waals surface area (Å²) in [6.07, 6.45) is -0.905. The fourth-order valence-corrected chi connectivity index (χ4v) is 2.67. The van der Waals surface area contributed by atoms with Gasteiger partial charge in [-0.05, 0) is 24.3 Å². The zero-order valence-corrected chi connectivity index (χ0v) is 12.6. The van der Waals surface area contributed by atoms with Crippen molar-refractivity contribution < 1.29 is 22.1 Å². The van der Waals surface area contributed by atoms with Gasteiger partial charge in [-0.2, -0.15) is 8.42 Å². The van der Waals surface area contributed by atoms with E-state index in [1.807, 2.05) is 0 Å². The zero-order valence-electron chi connectivity index (χ0n) is 11.8. The van der Waals surface area contributed by atoms with E-state index in [1.165, 1.54) is 43.3 Å². The van der Waals surface area contributed by atoms with Crippen molar-refractivity contribution in [2.45, 2.75) is 18.0 Å². The van der Waals surface area contributed by atoms with Gasteiger partial charge in [-0.15, -0.1) is 0 Å². The van der Waals surface area contributed by atoms with E-state index >= 15 is 0 Å². The van der Waals surface area contributed by atoms with Crippen molar-refractivity contribution in [3.63, 3.8) is 0 Å². The lowest BCUT2D eigenvalue weighted by molar-refractivity contribution is -0.146. The SMILES string of the molecule is CC(=O)OC(N)c1ccc(OS(=O)(=O)c2ccccc2)cc1. The monoisotopic (exact) mass is 321 g/mol. The minimum absolute atomic E-state index is 0.0655. The Kier molecular flexibility index (Phi) is 4.79. The fraction of sp³-hybridized carbons (Fsp3) is 0.133. The number of nitrogens with two attached hydrogens (primary N) is 1. The van der Waals surface area contributed by atoms with E-state index in [-0.39, 0.29) is 10.6 Å². The molecule has 1 unspecified atom stereocenters. The Labute approximate surface area is 128 Å². The first-order valence-electron chi connectivity index (χ1n) is 6.41. The fourth-order valence-electron chi connectivity index (χ4n) is 1.72. The molecule has 6 nitrogen and oxygen atoms in total. The minimum Gasteiger partial charge on any atom is -0.443 e. The lowest BCUT2D eigenvalue weighted by atomic mass is 10.2. The number of hydrogen-bond acceptors (Lipinski definition) is 6. The van der Waals surface area contributed by atoms with Crippen molar-refractivity contribution in [3.8, 4) is 5.75 Å². The second-order valence-corrected chi connectivity index (χ2v) is 6.00. The molecule has 2 rings (SSSR count).